The molecular weight excluding hydrogens is 575 g/mol. The Bertz CT molecular complexity index is 1800. The van der Waals surface area contributed by atoms with Crippen molar-refractivity contribution in [2.45, 2.75) is 17.5 Å². The monoisotopic (exact) mass is 592 g/mol. The summed E-state index contributed by atoms with van der Waals surface area (Å²) in [6, 6.07) is 18.4. The average molecular weight is 593 g/mol. The molecule has 5 rings (SSSR count). The number of nitrogens with one attached hydrogen (secondary N) is 1. The zero-order valence-electron chi connectivity index (χ0n) is 19.2. The van der Waals surface area contributed by atoms with Crippen molar-refractivity contribution in [3.05, 3.63) is 99.9 Å². The summed E-state index contributed by atoms with van der Waals surface area (Å²) in [4.78, 5) is 4.55. The quantitative estimate of drug-likeness (QED) is 0.240. The van der Waals surface area contributed by atoms with Gasteiger partial charge in [0.25, 0.3) is 0 Å². The Kier molecular flexibility index (Phi) is 7.54. The summed E-state index contributed by atoms with van der Waals surface area (Å²) >= 11 is 6.93. The molecule has 0 radical (unpaired) electrons. The summed E-state index contributed by atoms with van der Waals surface area (Å²) in [5.41, 5.74) is 2.40. The van der Waals surface area contributed by atoms with Crippen LogP contribution in [-0.4, -0.2) is 32.0 Å². The highest BCUT2D eigenvalue weighted by Crippen LogP contribution is 2.38. The molecule has 1 unspecified atom stereocenters. The predicted octanol–water partition coefficient (Wildman–Crippen LogP) is 4.46. The van der Waals surface area contributed by atoms with Crippen LogP contribution in [-0.2, 0) is 33.0 Å². The second kappa shape index (κ2) is 10.9. The second-order valence-corrected chi connectivity index (χ2v) is 12.5. The smallest absolute Gasteiger partial charge is 0.241 e. The van der Waals surface area contributed by atoms with E-state index >= 15 is 0 Å². The largest absolute Gasteiger partial charge is 0.422 e. The molecule has 1 N–H and O–H groups in total. The summed E-state index contributed by atoms with van der Waals surface area (Å²) < 4.78 is 71.5. The number of benzene rings is 3. The van der Waals surface area contributed by atoms with Crippen LogP contribution in [0.2, 0.25) is 5.02 Å². The van der Waals surface area contributed by atoms with Crippen LogP contribution >= 0.6 is 22.9 Å². The average Bonchev–Trinajstić information content (AvgIpc) is 3.51. The molecule has 5 aromatic rings. The molecule has 0 amide bonds. The van der Waals surface area contributed by atoms with E-state index in [1.807, 2.05) is 0 Å². The summed E-state index contributed by atoms with van der Waals surface area (Å²) in [5.74, 6) is -1.18. The van der Waals surface area contributed by atoms with E-state index in [0.29, 0.717) is 26.9 Å². The third-order valence-electron chi connectivity index (χ3n) is 5.52. The number of sulfone groups is 1. The molecule has 0 aliphatic rings. The van der Waals surface area contributed by atoms with Crippen LogP contribution in [0.3, 0.4) is 0 Å². The van der Waals surface area contributed by atoms with Gasteiger partial charge in [-0.25, -0.2) is 30.9 Å². The summed E-state index contributed by atoms with van der Waals surface area (Å²) in [7, 11) is -6.88. The minimum Gasteiger partial charge on any atom is -0.422 e. The molecule has 0 aliphatic carbocycles. The van der Waals surface area contributed by atoms with Gasteiger partial charge in [-0.3, -0.25) is 0 Å². The predicted molar refractivity (Wildman–Crippen MR) is 142 cm³/mol. The van der Waals surface area contributed by atoms with Crippen LogP contribution in [0.15, 0.2) is 71.1 Å². The van der Waals surface area contributed by atoms with Crippen LogP contribution < -0.4 is 4.72 Å². The maximum atomic E-state index is 14.0. The molecule has 0 spiro atoms. The Morgan fingerprint density at radius 1 is 1.03 bits per heavy atom. The molecule has 0 fully saturated rings. The van der Waals surface area contributed by atoms with E-state index in [-0.39, 0.29) is 34.1 Å². The van der Waals surface area contributed by atoms with Gasteiger partial charge in [-0.05, 0) is 41.0 Å². The van der Waals surface area contributed by atoms with Gasteiger partial charge in [0.05, 0.1) is 27.5 Å². The van der Waals surface area contributed by atoms with Crippen molar-refractivity contribution in [1.29, 1.82) is 0 Å². The number of halogens is 2. The van der Waals surface area contributed by atoms with Gasteiger partial charge >= 0.3 is 0 Å². The van der Waals surface area contributed by atoms with Crippen LogP contribution in [0, 0.1) is 5.82 Å². The fourth-order valence-corrected chi connectivity index (χ4v) is 7.32. The summed E-state index contributed by atoms with van der Waals surface area (Å²) in [6.45, 7) is -0.280. The molecule has 0 saturated carbocycles. The Hall–Kier alpha value is -3.23. The first kappa shape index (κ1) is 26.4. The van der Waals surface area contributed by atoms with Crippen molar-refractivity contribution in [2.24, 2.45) is 0 Å². The standard InChI is InChI=1S/C24H18ClFN4O5S3/c25-17-8-6-15(10-18(17)26)16-7-9-19-20(11-16)36-24(28-19)22(23-30-29-21(35-23)12-27-37(31)32)38(33,34)13-14-4-2-1-3-5-14/h1-11,22,37H,12-13H2,(H,27,31,32). The Labute approximate surface area is 227 Å². The molecule has 9 nitrogen and oxygen atoms in total. The molecule has 196 valence electrons. The lowest BCUT2D eigenvalue weighted by Gasteiger charge is -2.12. The van der Waals surface area contributed by atoms with Crippen molar-refractivity contribution >= 4 is 53.9 Å². The van der Waals surface area contributed by atoms with Crippen LogP contribution in [0.5, 0.6) is 0 Å². The third-order valence-corrected chi connectivity index (χ3v) is 9.35. The molecule has 0 aliphatic heterocycles. The van der Waals surface area contributed by atoms with Gasteiger partial charge in [0, 0.05) is 0 Å². The highest BCUT2D eigenvalue weighted by Gasteiger charge is 2.37. The lowest BCUT2D eigenvalue weighted by molar-refractivity contribution is 0.444. The maximum Gasteiger partial charge on any atom is 0.241 e. The van der Waals surface area contributed by atoms with E-state index < -0.39 is 31.8 Å². The van der Waals surface area contributed by atoms with Crippen LogP contribution in [0.1, 0.15) is 27.6 Å². The first-order chi connectivity index (χ1) is 18.2. The highest BCUT2D eigenvalue weighted by molar-refractivity contribution is 7.91. The first-order valence-corrected chi connectivity index (χ1v) is 15.1. The Balaban J connectivity index is 1.57. The Morgan fingerprint density at radius 2 is 1.76 bits per heavy atom. The van der Waals surface area contributed by atoms with Gasteiger partial charge in [-0.1, -0.05) is 54.1 Å². The second-order valence-electron chi connectivity index (χ2n) is 8.16. The van der Waals surface area contributed by atoms with Crippen molar-refractivity contribution < 1.29 is 25.6 Å². The maximum absolute atomic E-state index is 14.0. The first-order valence-electron chi connectivity index (χ1n) is 11.0. The van der Waals surface area contributed by atoms with Gasteiger partial charge in [0.2, 0.25) is 22.7 Å². The summed E-state index contributed by atoms with van der Waals surface area (Å²) in [6.07, 6.45) is 0. The van der Waals surface area contributed by atoms with Crippen molar-refractivity contribution in [3.63, 3.8) is 0 Å². The minimum absolute atomic E-state index is 0.0117. The van der Waals surface area contributed by atoms with E-state index in [1.54, 1.807) is 54.6 Å². The lowest BCUT2D eigenvalue weighted by atomic mass is 10.1. The molecule has 3 aromatic carbocycles. The van der Waals surface area contributed by atoms with Gasteiger partial charge < -0.3 is 4.42 Å². The fraction of sp³-hybridized carbons (Fsp3) is 0.125. The van der Waals surface area contributed by atoms with Gasteiger partial charge in [-0.15, -0.1) is 21.5 Å². The number of thiazole rings is 1. The molecule has 38 heavy (non-hydrogen) atoms. The number of thiol groups is 1. The van der Waals surface area contributed by atoms with E-state index in [9.17, 15) is 21.2 Å². The normalized spacial score (nSPS) is 12.8. The fourth-order valence-electron chi connectivity index (χ4n) is 3.79. The van der Waals surface area contributed by atoms with Gasteiger partial charge in [0.1, 0.15) is 10.8 Å². The van der Waals surface area contributed by atoms with Crippen molar-refractivity contribution in [3.8, 4) is 11.1 Å². The lowest BCUT2D eigenvalue weighted by Crippen LogP contribution is -2.17. The molecule has 0 saturated heterocycles. The highest BCUT2D eigenvalue weighted by atomic mass is 35.5. The van der Waals surface area contributed by atoms with Crippen molar-refractivity contribution in [2.75, 3.05) is 0 Å². The molecule has 0 bridgehead atoms. The number of rotatable bonds is 9. The number of nitrogens with zero attached hydrogens (tertiary/aromatic N) is 3. The third kappa shape index (κ3) is 5.76. The van der Waals surface area contributed by atoms with E-state index in [4.69, 9.17) is 16.0 Å². The molecule has 2 aromatic heterocycles. The topological polar surface area (TPSA) is 132 Å². The van der Waals surface area contributed by atoms with Crippen molar-refractivity contribution in [1.82, 2.24) is 19.9 Å². The molecule has 2 heterocycles. The van der Waals surface area contributed by atoms with Crippen LogP contribution in [0.25, 0.3) is 21.3 Å². The van der Waals surface area contributed by atoms with Gasteiger partial charge in [-0.2, -0.15) is 0 Å². The minimum atomic E-state index is -3.97. The number of hydrogen-bond acceptors (Lipinski definition) is 9. The number of aromatic nitrogens is 3. The Morgan fingerprint density at radius 3 is 2.50 bits per heavy atom. The zero-order valence-corrected chi connectivity index (χ0v) is 22.5. The number of hydrogen-bond donors (Lipinski definition) is 2. The van der Waals surface area contributed by atoms with Crippen LogP contribution in [0.4, 0.5) is 4.39 Å². The van der Waals surface area contributed by atoms with E-state index in [0.717, 1.165) is 11.3 Å². The molecular formula is C24H18ClFN4O5S3. The van der Waals surface area contributed by atoms with E-state index in [1.165, 1.54) is 12.1 Å². The SMILES string of the molecule is O=[SH](=O)NCc1nnc(C(c2nc3ccc(-c4ccc(Cl)c(F)c4)cc3s2)S(=O)(=O)Cc2ccccc2)o1. The van der Waals surface area contributed by atoms with Gasteiger partial charge in [0.15, 0.2) is 15.1 Å². The zero-order chi connectivity index (χ0) is 26.9. The summed E-state index contributed by atoms with van der Waals surface area (Å²) in [5, 5.41) is 6.53. The van der Waals surface area contributed by atoms with E-state index in [2.05, 4.69) is 19.9 Å². The molecule has 1 atom stereocenters. The molecule has 14 heteroatoms. The number of fused-ring (bicyclic) bond motifs is 1.